The van der Waals surface area contributed by atoms with Gasteiger partial charge in [0.15, 0.2) is 5.96 Å². The summed E-state index contributed by atoms with van der Waals surface area (Å²) in [7, 11) is 6.97. The topological polar surface area (TPSA) is 69.2 Å². The first-order chi connectivity index (χ1) is 12.0. The molecule has 2 N–H and O–H groups in total. The molecule has 0 aliphatic carbocycles. The lowest BCUT2D eigenvalue weighted by molar-refractivity contribution is -0.128. The number of nitrogens with zero attached hydrogens (tertiary/aromatic N) is 3. The Kier molecular flexibility index (Phi) is 9.53. The number of benzene rings is 1. The van der Waals surface area contributed by atoms with E-state index in [0.29, 0.717) is 19.0 Å². The number of hydrogen-bond donors (Lipinski definition) is 2. The molecule has 8 heteroatoms. The van der Waals surface area contributed by atoms with E-state index in [0.717, 1.165) is 36.9 Å². The van der Waals surface area contributed by atoms with E-state index in [1.165, 1.54) is 0 Å². The maximum atomic E-state index is 11.6. The quantitative estimate of drug-likeness (QED) is 0.371. The maximum absolute atomic E-state index is 11.6. The zero-order chi connectivity index (χ0) is 18.2. The zero-order valence-corrected chi connectivity index (χ0v) is 18.3. The highest BCUT2D eigenvalue weighted by Gasteiger charge is 2.25. The number of hydrogen-bond acceptors (Lipinski definition) is 4. The SMILES string of the molecule is CN=C(NCCC(=O)N(C)C)NC1CCN(c2ccccc2OC)C1.I. The molecule has 1 saturated heterocycles. The molecule has 1 unspecified atom stereocenters. The second kappa shape index (κ2) is 11.1. The van der Waals surface area contributed by atoms with Crippen molar-refractivity contribution in [1.29, 1.82) is 0 Å². The van der Waals surface area contributed by atoms with E-state index >= 15 is 0 Å². The van der Waals surface area contributed by atoms with Gasteiger partial charge in [-0.3, -0.25) is 9.79 Å². The molecule has 1 heterocycles. The molecule has 1 atom stereocenters. The van der Waals surface area contributed by atoms with Gasteiger partial charge in [-0.15, -0.1) is 24.0 Å². The van der Waals surface area contributed by atoms with Crippen LogP contribution in [0.25, 0.3) is 0 Å². The molecule has 1 amide bonds. The maximum Gasteiger partial charge on any atom is 0.223 e. The highest BCUT2D eigenvalue weighted by molar-refractivity contribution is 14.0. The number of para-hydroxylation sites is 2. The van der Waals surface area contributed by atoms with E-state index in [4.69, 9.17) is 4.74 Å². The third kappa shape index (κ3) is 6.22. The second-order valence-corrected chi connectivity index (χ2v) is 6.28. The van der Waals surface area contributed by atoms with Crippen LogP contribution in [-0.4, -0.2) is 70.7 Å². The minimum Gasteiger partial charge on any atom is -0.495 e. The van der Waals surface area contributed by atoms with Gasteiger partial charge in [0.1, 0.15) is 5.75 Å². The normalized spacial score (nSPS) is 16.7. The van der Waals surface area contributed by atoms with Crippen molar-refractivity contribution in [2.45, 2.75) is 18.9 Å². The van der Waals surface area contributed by atoms with Crippen molar-refractivity contribution in [1.82, 2.24) is 15.5 Å². The summed E-state index contributed by atoms with van der Waals surface area (Å²) in [6.07, 6.45) is 1.47. The number of anilines is 1. The van der Waals surface area contributed by atoms with E-state index in [9.17, 15) is 4.79 Å². The Morgan fingerprint density at radius 3 is 2.77 bits per heavy atom. The molecule has 0 aromatic heterocycles. The van der Waals surface area contributed by atoms with Gasteiger partial charge >= 0.3 is 0 Å². The number of methoxy groups -OCH3 is 1. The lowest BCUT2D eigenvalue weighted by atomic mass is 10.2. The summed E-state index contributed by atoms with van der Waals surface area (Å²) < 4.78 is 5.46. The molecule has 0 radical (unpaired) electrons. The first kappa shape index (κ1) is 22.3. The Hall–Kier alpha value is -1.71. The van der Waals surface area contributed by atoms with Crippen LogP contribution in [0.3, 0.4) is 0 Å². The molecule has 1 aliphatic heterocycles. The predicted octanol–water partition coefficient (Wildman–Crippen LogP) is 1.54. The van der Waals surface area contributed by atoms with E-state index < -0.39 is 0 Å². The summed E-state index contributed by atoms with van der Waals surface area (Å²) in [6, 6.07) is 8.38. The van der Waals surface area contributed by atoms with E-state index in [2.05, 4.69) is 26.6 Å². The molecular weight excluding hydrogens is 445 g/mol. The molecule has 26 heavy (non-hydrogen) atoms. The average molecular weight is 475 g/mol. The second-order valence-electron chi connectivity index (χ2n) is 6.28. The zero-order valence-electron chi connectivity index (χ0n) is 16.0. The van der Waals surface area contributed by atoms with Gasteiger partial charge in [-0.2, -0.15) is 0 Å². The standard InChI is InChI=1S/C18H29N5O2.HI/c1-19-18(20-11-9-17(24)22(2)3)21-14-10-12-23(13-14)15-7-5-6-8-16(15)25-4;/h5-8,14H,9-13H2,1-4H3,(H2,19,20,21);1H. The molecule has 1 aromatic rings. The molecule has 146 valence electrons. The van der Waals surface area contributed by atoms with Crippen molar-refractivity contribution in [3.8, 4) is 5.75 Å². The fourth-order valence-corrected chi connectivity index (χ4v) is 2.89. The number of rotatable bonds is 6. The molecule has 1 aromatic carbocycles. The molecule has 0 bridgehead atoms. The highest BCUT2D eigenvalue weighted by atomic mass is 127. The minimum absolute atomic E-state index is 0. The van der Waals surface area contributed by atoms with Crippen LogP contribution in [0.4, 0.5) is 5.69 Å². The summed E-state index contributed by atoms with van der Waals surface area (Å²) in [6.45, 7) is 2.42. The minimum atomic E-state index is 0. The van der Waals surface area contributed by atoms with Gasteiger partial charge in [0.2, 0.25) is 5.91 Å². The van der Waals surface area contributed by atoms with Crippen molar-refractivity contribution < 1.29 is 9.53 Å². The lowest BCUT2D eigenvalue weighted by Gasteiger charge is -2.22. The average Bonchev–Trinajstić information content (AvgIpc) is 3.08. The predicted molar refractivity (Wildman–Crippen MR) is 117 cm³/mol. The van der Waals surface area contributed by atoms with E-state index in [1.54, 1.807) is 33.2 Å². The van der Waals surface area contributed by atoms with Crippen LogP contribution in [0.5, 0.6) is 5.75 Å². The Morgan fingerprint density at radius 1 is 1.38 bits per heavy atom. The van der Waals surface area contributed by atoms with Crippen molar-refractivity contribution in [2.24, 2.45) is 4.99 Å². The van der Waals surface area contributed by atoms with Crippen LogP contribution in [0.15, 0.2) is 29.3 Å². The fraction of sp³-hybridized carbons (Fsp3) is 0.556. The summed E-state index contributed by atoms with van der Waals surface area (Å²) in [5.74, 6) is 1.73. The number of guanidine groups is 1. The van der Waals surface area contributed by atoms with Crippen molar-refractivity contribution in [3.63, 3.8) is 0 Å². The Bertz CT molecular complexity index is 609. The lowest BCUT2D eigenvalue weighted by Crippen LogP contribution is -2.45. The third-order valence-electron chi connectivity index (χ3n) is 4.31. The monoisotopic (exact) mass is 475 g/mol. The van der Waals surface area contributed by atoms with Crippen molar-refractivity contribution >= 4 is 41.5 Å². The van der Waals surface area contributed by atoms with Crippen molar-refractivity contribution in [2.75, 3.05) is 52.8 Å². The van der Waals surface area contributed by atoms with Gasteiger partial charge in [0, 0.05) is 53.2 Å². The largest absolute Gasteiger partial charge is 0.495 e. The number of ether oxygens (including phenoxy) is 1. The molecular formula is C18H30IN5O2. The van der Waals surface area contributed by atoms with Gasteiger partial charge in [-0.25, -0.2) is 0 Å². The number of halogens is 1. The molecule has 7 nitrogen and oxygen atoms in total. The number of carbonyl (C=O) groups is 1. The summed E-state index contributed by atoms with van der Waals surface area (Å²) in [5.41, 5.74) is 1.12. The molecule has 1 aliphatic rings. The summed E-state index contributed by atoms with van der Waals surface area (Å²) >= 11 is 0. The van der Waals surface area contributed by atoms with Crippen LogP contribution >= 0.6 is 24.0 Å². The van der Waals surface area contributed by atoms with Crippen LogP contribution in [0, 0.1) is 0 Å². The van der Waals surface area contributed by atoms with Crippen molar-refractivity contribution in [3.05, 3.63) is 24.3 Å². The number of nitrogens with one attached hydrogen (secondary N) is 2. The molecule has 1 fully saturated rings. The molecule has 2 rings (SSSR count). The van der Waals surface area contributed by atoms with Gasteiger partial charge < -0.3 is 25.2 Å². The fourth-order valence-electron chi connectivity index (χ4n) is 2.89. The Labute approximate surface area is 173 Å². The van der Waals surface area contributed by atoms with Crippen LogP contribution < -0.4 is 20.3 Å². The number of amides is 1. The Morgan fingerprint density at radius 2 is 2.12 bits per heavy atom. The summed E-state index contributed by atoms with van der Waals surface area (Å²) in [5, 5.41) is 6.64. The third-order valence-corrected chi connectivity index (χ3v) is 4.31. The first-order valence-electron chi connectivity index (χ1n) is 8.60. The van der Waals surface area contributed by atoms with Gasteiger partial charge in [0.25, 0.3) is 0 Å². The Balaban J connectivity index is 0.00000338. The summed E-state index contributed by atoms with van der Waals surface area (Å²) in [4.78, 5) is 19.8. The van der Waals surface area contributed by atoms with Crippen LogP contribution in [0.1, 0.15) is 12.8 Å². The number of carbonyl (C=O) groups excluding carboxylic acids is 1. The first-order valence-corrected chi connectivity index (χ1v) is 8.60. The molecule has 0 spiro atoms. The van der Waals surface area contributed by atoms with Gasteiger partial charge in [0.05, 0.1) is 12.8 Å². The van der Waals surface area contributed by atoms with Gasteiger partial charge in [-0.05, 0) is 18.6 Å². The van der Waals surface area contributed by atoms with E-state index in [1.807, 2.05) is 18.2 Å². The van der Waals surface area contributed by atoms with Crippen LogP contribution in [-0.2, 0) is 4.79 Å². The number of aliphatic imine (C=N–C) groups is 1. The van der Waals surface area contributed by atoms with Crippen LogP contribution in [0.2, 0.25) is 0 Å². The van der Waals surface area contributed by atoms with Gasteiger partial charge in [-0.1, -0.05) is 12.1 Å². The molecule has 0 saturated carbocycles. The smallest absolute Gasteiger partial charge is 0.223 e. The highest BCUT2D eigenvalue weighted by Crippen LogP contribution is 2.30. The van der Waals surface area contributed by atoms with E-state index in [-0.39, 0.29) is 29.9 Å².